The first-order chi connectivity index (χ1) is 12.6. The van der Waals surface area contributed by atoms with Crippen molar-refractivity contribution in [1.29, 1.82) is 0 Å². The molecule has 1 N–H and O–H groups in total. The lowest BCUT2D eigenvalue weighted by Gasteiger charge is -2.32. The molecular weight excluding hydrogens is 362 g/mol. The summed E-state index contributed by atoms with van der Waals surface area (Å²) in [6.45, 7) is 9.88. The van der Waals surface area contributed by atoms with Crippen LogP contribution in [0.1, 0.15) is 40.2 Å². The van der Waals surface area contributed by atoms with Gasteiger partial charge in [0.05, 0.1) is 16.7 Å². The third-order valence-electron chi connectivity index (χ3n) is 5.13. The molecule has 2 heterocycles. The van der Waals surface area contributed by atoms with Crippen molar-refractivity contribution < 1.29 is 14.1 Å². The molecule has 3 rings (SSSR count). The highest BCUT2D eigenvalue weighted by Gasteiger charge is 2.52. The van der Waals surface area contributed by atoms with E-state index in [0.717, 1.165) is 21.9 Å². The second-order valence-corrected chi connectivity index (χ2v) is 8.19. The van der Waals surface area contributed by atoms with Gasteiger partial charge >= 0.3 is 7.12 Å². The molecule has 0 aliphatic carbocycles. The summed E-state index contributed by atoms with van der Waals surface area (Å²) in [6.07, 6.45) is 1.99. The number of carbonyl (C=O) groups is 1. The van der Waals surface area contributed by atoms with E-state index in [-0.39, 0.29) is 5.91 Å². The molecule has 2 aromatic rings. The van der Waals surface area contributed by atoms with Crippen molar-refractivity contribution in [3.05, 3.63) is 46.5 Å². The first kappa shape index (κ1) is 19.9. The molecule has 1 aliphatic heterocycles. The van der Waals surface area contributed by atoms with Crippen molar-refractivity contribution in [2.24, 2.45) is 0 Å². The zero-order valence-corrected chi connectivity index (χ0v) is 17.1. The molecule has 1 aromatic heterocycles. The summed E-state index contributed by atoms with van der Waals surface area (Å²) in [7, 11) is -0.527. The molecule has 0 radical (unpaired) electrons. The Bertz CT molecular complexity index is 895. The van der Waals surface area contributed by atoms with Crippen molar-refractivity contribution in [3.8, 4) is 0 Å². The molecule has 5 nitrogen and oxygen atoms in total. The molecule has 0 bridgehead atoms. The molecule has 7 heteroatoms. The third kappa shape index (κ3) is 4.34. The molecule has 1 amide bonds. The number of hydrogen-bond donors (Lipinski definition) is 1. The molecule has 0 spiro atoms. The standard InChI is InChI=1S/C20H24BClN2O3/c1-13(25)23-12-16(21-26-19(2,3)20(4,5)27-21)11-14-6-8-17-15(10-14)7-9-18(22)24-17/h6-11H,12H2,1-5H3,(H,23,25). The fourth-order valence-corrected chi connectivity index (χ4v) is 3.00. The predicted octanol–water partition coefficient (Wildman–Crippen LogP) is 4.04. The molecule has 1 aliphatic rings. The lowest BCUT2D eigenvalue weighted by Crippen LogP contribution is -2.41. The highest BCUT2D eigenvalue weighted by Crippen LogP contribution is 2.38. The number of pyridine rings is 1. The number of benzene rings is 1. The number of hydrogen-bond acceptors (Lipinski definition) is 4. The molecule has 1 fully saturated rings. The maximum atomic E-state index is 11.4. The van der Waals surface area contributed by atoms with Crippen LogP contribution in [0.2, 0.25) is 5.15 Å². The number of carbonyl (C=O) groups excluding carboxylic acids is 1. The van der Waals surface area contributed by atoms with E-state index >= 15 is 0 Å². The van der Waals surface area contributed by atoms with E-state index in [2.05, 4.69) is 10.3 Å². The zero-order valence-electron chi connectivity index (χ0n) is 16.3. The quantitative estimate of drug-likeness (QED) is 0.636. The Morgan fingerprint density at radius 3 is 2.48 bits per heavy atom. The average molecular weight is 387 g/mol. The zero-order chi connectivity index (χ0) is 19.8. The Balaban J connectivity index is 1.95. The second-order valence-electron chi connectivity index (χ2n) is 7.80. The van der Waals surface area contributed by atoms with E-state index in [9.17, 15) is 4.79 Å². The van der Waals surface area contributed by atoms with Crippen LogP contribution in [0, 0.1) is 0 Å². The average Bonchev–Trinajstić information content (AvgIpc) is 2.79. The number of amides is 1. The smallest absolute Gasteiger partial charge is 0.400 e. The topological polar surface area (TPSA) is 60.5 Å². The molecule has 1 aromatic carbocycles. The molecular formula is C20H24BClN2O3. The summed E-state index contributed by atoms with van der Waals surface area (Å²) in [5, 5.41) is 4.30. The molecule has 142 valence electrons. The Morgan fingerprint density at radius 2 is 1.85 bits per heavy atom. The molecule has 27 heavy (non-hydrogen) atoms. The number of aromatic nitrogens is 1. The number of nitrogens with zero attached hydrogens (tertiary/aromatic N) is 1. The fraction of sp³-hybridized carbons (Fsp3) is 0.400. The number of halogens is 1. The van der Waals surface area contributed by atoms with E-state index in [4.69, 9.17) is 20.9 Å². The summed E-state index contributed by atoms with van der Waals surface area (Å²) in [4.78, 5) is 15.7. The number of nitrogens with one attached hydrogen (secondary N) is 1. The maximum absolute atomic E-state index is 11.4. The van der Waals surface area contributed by atoms with Gasteiger partial charge in [0, 0.05) is 18.9 Å². The van der Waals surface area contributed by atoms with Gasteiger partial charge in [0.1, 0.15) is 5.15 Å². The van der Waals surface area contributed by atoms with Gasteiger partial charge in [-0.2, -0.15) is 0 Å². The van der Waals surface area contributed by atoms with Crippen molar-refractivity contribution >= 4 is 41.6 Å². The normalized spacial score (nSPS) is 18.7. The minimum absolute atomic E-state index is 0.102. The fourth-order valence-electron chi connectivity index (χ4n) is 2.85. The van der Waals surface area contributed by atoms with Crippen LogP contribution in [0.15, 0.2) is 35.8 Å². The minimum Gasteiger partial charge on any atom is -0.400 e. The first-order valence-corrected chi connectivity index (χ1v) is 9.32. The van der Waals surface area contributed by atoms with Gasteiger partial charge in [-0.3, -0.25) is 4.79 Å². The molecule has 0 saturated carbocycles. The second kappa shape index (κ2) is 7.26. The van der Waals surface area contributed by atoms with Gasteiger partial charge in [0.15, 0.2) is 0 Å². The van der Waals surface area contributed by atoms with E-state index in [0.29, 0.717) is 11.7 Å². The van der Waals surface area contributed by atoms with Gasteiger partial charge in [-0.25, -0.2) is 4.98 Å². The summed E-state index contributed by atoms with van der Waals surface area (Å²) in [6, 6.07) is 9.61. The van der Waals surface area contributed by atoms with Crippen LogP contribution in [0.25, 0.3) is 17.0 Å². The lowest BCUT2D eigenvalue weighted by atomic mass is 9.77. The maximum Gasteiger partial charge on any atom is 0.492 e. The summed E-state index contributed by atoms with van der Waals surface area (Å²) >= 11 is 5.96. The van der Waals surface area contributed by atoms with E-state index in [1.54, 1.807) is 6.07 Å². The van der Waals surface area contributed by atoms with E-state index < -0.39 is 18.3 Å². The Hall–Kier alpha value is -1.89. The summed E-state index contributed by atoms with van der Waals surface area (Å²) < 4.78 is 12.3. The van der Waals surface area contributed by atoms with Crippen molar-refractivity contribution in [2.75, 3.05) is 6.54 Å². The molecule has 1 saturated heterocycles. The van der Waals surface area contributed by atoms with Crippen molar-refractivity contribution in [3.63, 3.8) is 0 Å². The van der Waals surface area contributed by atoms with Crippen LogP contribution < -0.4 is 5.32 Å². The Labute approximate surface area is 165 Å². The lowest BCUT2D eigenvalue weighted by molar-refractivity contribution is -0.118. The van der Waals surface area contributed by atoms with Crippen LogP contribution >= 0.6 is 11.6 Å². The largest absolute Gasteiger partial charge is 0.492 e. The van der Waals surface area contributed by atoms with E-state index in [1.807, 2.05) is 58.0 Å². The van der Waals surface area contributed by atoms with Crippen molar-refractivity contribution in [2.45, 2.75) is 45.8 Å². The van der Waals surface area contributed by atoms with Crippen molar-refractivity contribution in [1.82, 2.24) is 10.3 Å². The summed E-state index contributed by atoms with van der Waals surface area (Å²) in [5.74, 6) is -0.102. The highest BCUT2D eigenvalue weighted by molar-refractivity contribution is 6.56. The Morgan fingerprint density at radius 1 is 1.19 bits per heavy atom. The third-order valence-corrected chi connectivity index (χ3v) is 5.34. The van der Waals surface area contributed by atoms with Gasteiger partial charge in [-0.1, -0.05) is 23.7 Å². The SMILES string of the molecule is CC(=O)NCC(=Cc1ccc2nc(Cl)ccc2c1)B1OC(C)(C)C(C)(C)O1. The number of rotatable bonds is 4. The van der Waals surface area contributed by atoms with Crippen LogP contribution in [-0.4, -0.2) is 35.8 Å². The summed E-state index contributed by atoms with van der Waals surface area (Å²) in [5.41, 5.74) is 1.76. The number of fused-ring (bicyclic) bond motifs is 1. The first-order valence-electron chi connectivity index (χ1n) is 8.94. The van der Waals surface area contributed by atoms with Crippen LogP contribution in [0.5, 0.6) is 0 Å². The monoisotopic (exact) mass is 386 g/mol. The minimum atomic E-state index is -0.527. The van der Waals surface area contributed by atoms with Gasteiger partial charge in [-0.15, -0.1) is 0 Å². The van der Waals surface area contributed by atoms with E-state index in [1.165, 1.54) is 6.92 Å². The predicted molar refractivity (Wildman–Crippen MR) is 109 cm³/mol. The molecule has 0 atom stereocenters. The van der Waals surface area contributed by atoms with Crippen LogP contribution in [-0.2, 0) is 14.1 Å². The highest BCUT2D eigenvalue weighted by atomic mass is 35.5. The van der Waals surface area contributed by atoms with Crippen LogP contribution in [0.4, 0.5) is 0 Å². The van der Waals surface area contributed by atoms with Gasteiger partial charge in [-0.05, 0) is 63.0 Å². The van der Waals surface area contributed by atoms with Gasteiger partial charge in [0.25, 0.3) is 0 Å². The Kier molecular flexibility index (Phi) is 5.34. The van der Waals surface area contributed by atoms with Gasteiger partial charge in [0.2, 0.25) is 5.91 Å². The van der Waals surface area contributed by atoms with Gasteiger partial charge < -0.3 is 14.6 Å². The van der Waals surface area contributed by atoms with Crippen LogP contribution in [0.3, 0.4) is 0 Å². The molecule has 0 unspecified atom stereocenters.